The molecule has 25 heavy (non-hydrogen) atoms. The predicted octanol–water partition coefficient (Wildman–Crippen LogP) is 2.74. The summed E-state index contributed by atoms with van der Waals surface area (Å²) < 4.78 is 13.0. The van der Waals surface area contributed by atoms with Crippen LogP contribution in [0.2, 0.25) is 0 Å². The molecule has 130 valence electrons. The summed E-state index contributed by atoms with van der Waals surface area (Å²) in [5, 5.41) is 5.61. The standard InChI is InChI=1S/C19H20FN3O2/c1-13-2-4-14(5-3-13)11-21-19(25)22-16-10-18(24)23(12-16)17-8-6-15(20)7-9-17/h2-9,16H,10-12H2,1H3,(H2,21,22,25)/t16-/m0/s1. The quantitative estimate of drug-likeness (QED) is 0.898. The van der Waals surface area contributed by atoms with Crippen molar-refractivity contribution in [2.45, 2.75) is 25.9 Å². The van der Waals surface area contributed by atoms with E-state index in [9.17, 15) is 14.0 Å². The third-order valence-electron chi connectivity index (χ3n) is 4.17. The summed E-state index contributed by atoms with van der Waals surface area (Å²) in [6.07, 6.45) is 0.231. The van der Waals surface area contributed by atoms with Gasteiger partial charge in [-0.3, -0.25) is 4.79 Å². The zero-order valence-corrected chi connectivity index (χ0v) is 14.0. The van der Waals surface area contributed by atoms with Crippen LogP contribution in [0, 0.1) is 12.7 Å². The van der Waals surface area contributed by atoms with E-state index in [2.05, 4.69) is 10.6 Å². The largest absolute Gasteiger partial charge is 0.334 e. The van der Waals surface area contributed by atoms with Crippen LogP contribution in [0.15, 0.2) is 48.5 Å². The molecule has 0 unspecified atom stereocenters. The van der Waals surface area contributed by atoms with Gasteiger partial charge in [-0.15, -0.1) is 0 Å². The molecule has 1 aliphatic rings. The number of amides is 3. The third-order valence-corrected chi connectivity index (χ3v) is 4.17. The van der Waals surface area contributed by atoms with Crippen molar-refractivity contribution in [1.29, 1.82) is 0 Å². The zero-order valence-electron chi connectivity index (χ0n) is 14.0. The van der Waals surface area contributed by atoms with Crippen molar-refractivity contribution >= 4 is 17.6 Å². The van der Waals surface area contributed by atoms with Gasteiger partial charge in [0, 0.05) is 25.2 Å². The SMILES string of the molecule is Cc1ccc(CNC(=O)N[C@H]2CC(=O)N(c3ccc(F)cc3)C2)cc1. The Balaban J connectivity index is 1.51. The molecule has 6 heteroatoms. The summed E-state index contributed by atoms with van der Waals surface area (Å²) >= 11 is 0. The summed E-state index contributed by atoms with van der Waals surface area (Å²) in [7, 11) is 0. The highest BCUT2D eigenvalue weighted by atomic mass is 19.1. The second-order valence-electron chi connectivity index (χ2n) is 6.19. The molecule has 5 nitrogen and oxygen atoms in total. The first-order valence-electron chi connectivity index (χ1n) is 8.17. The van der Waals surface area contributed by atoms with E-state index in [1.807, 2.05) is 31.2 Å². The summed E-state index contributed by atoms with van der Waals surface area (Å²) in [6, 6.07) is 13.1. The summed E-state index contributed by atoms with van der Waals surface area (Å²) in [5.74, 6) is -0.434. The first-order valence-corrected chi connectivity index (χ1v) is 8.17. The molecular formula is C19H20FN3O2. The molecule has 0 aliphatic carbocycles. The average molecular weight is 341 g/mol. The van der Waals surface area contributed by atoms with Gasteiger partial charge < -0.3 is 15.5 Å². The summed E-state index contributed by atoms with van der Waals surface area (Å²) in [4.78, 5) is 25.7. The molecule has 1 atom stereocenters. The number of halogens is 1. The van der Waals surface area contributed by atoms with E-state index < -0.39 is 0 Å². The van der Waals surface area contributed by atoms with Crippen LogP contribution in [0.1, 0.15) is 17.5 Å². The van der Waals surface area contributed by atoms with Gasteiger partial charge in [-0.1, -0.05) is 29.8 Å². The van der Waals surface area contributed by atoms with Crippen LogP contribution >= 0.6 is 0 Å². The fraction of sp³-hybridized carbons (Fsp3) is 0.263. The maximum atomic E-state index is 13.0. The summed E-state index contributed by atoms with van der Waals surface area (Å²) in [5.41, 5.74) is 2.81. The van der Waals surface area contributed by atoms with Gasteiger partial charge in [0.1, 0.15) is 5.82 Å². The predicted molar refractivity (Wildman–Crippen MR) is 93.7 cm³/mol. The molecule has 0 spiro atoms. The smallest absolute Gasteiger partial charge is 0.315 e. The van der Waals surface area contributed by atoms with Crippen molar-refractivity contribution in [3.63, 3.8) is 0 Å². The Morgan fingerprint density at radius 2 is 1.84 bits per heavy atom. The molecule has 2 aromatic carbocycles. The van der Waals surface area contributed by atoms with Crippen molar-refractivity contribution in [3.8, 4) is 0 Å². The maximum Gasteiger partial charge on any atom is 0.315 e. The lowest BCUT2D eigenvalue weighted by Gasteiger charge is -2.17. The fourth-order valence-electron chi connectivity index (χ4n) is 2.80. The Morgan fingerprint density at radius 1 is 1.16 bits per heavy atom. The molecule has 3 amide bonds. The summed E-state index contributed by atoms with van der Waals surface area (Å²) in [6.45, 7) is 2.81. The normalized spacial score (nSPS) is 16.8. The lowest BCUT2D eigenvalue weighted by Crippen LogP contribution is -2.43. The first kappa shape index (κ1) is 17.0. The van der Waals surface area contributed by atoms with Crippen LogP contribution in [0.5, 0.6) is 0 Å². The molecule has 2 N–H and O–H groups in total. The highest BCUT2D eigenvalue weighted by Crippen LogP contribution is 2.21. The number of urea groups is 1. The maximum absolute atomic E-state index is 13.0. The van der Waals surface area contributed by atoms with Crippen LogP contribution < -0.4 is 15.5 Å². The van der Waals surface area contributed by atoms with Crippen LogP contribution in [0.4, 0.5) is 14.9 Å². The number of nitrogens with one attached hydrogen (secondary N) is 2. The number of carbonyl (C=O) groups is 2. The molecule has 1 heterocycles. The van der Waals surface area contributed by atoms with Gasteiger partial charge >= 0.3 is 6.03 Å². The van der Waals surface area contributed by atoms with Crippen LogP contribution in [0.25, 0.3) is 0 Å². The molecule has 1 saturated heterocycles. The van der Waals surface area contributed by atoms with Gasteiger partial charge in [0.25, 0.3) is 0 Å². The van der Waals surface area contributed by atoms with Crippen molar-refractivity contribution in [2.75, 3.05) is 11.4 Å². The van der Waals surface area contributed by atoms with Gasteiger partial charge in [0.2, 0.25) is 5.91 Å². The van der Waals surface area contributed by atoms with E-state index in [-0.39, 0.29) is 30.2 Å². The van der Waals surface area contributed by atoms with Crippen molar-refractivity contribution in [3.05, 3.63) is 65.5 Å². The minimum absolute atomic E-state index is 0.0876. The topological polar surface area (TPSA) is 61.4 Å². The van der Waals surface area contributed by atoms with Crippen molar-refractivity contribution in [1.82, 2.24) is 10.6 Å². The Morgan fingerprint density at radius 3 is 2.52 bits per heavy atom. The number of rotatable bonds is 4. The Bertz CT molecular complexity index is 759. The number of aryl methyl sites for hydroxylation is 1. The minimum Gasteiger partial charge on any atom is -0.334 e. The van der Waals surface area contributed by atoms with Gasteiger partial charge in [0.15, 0.2) is 0 Å². The third kappa shape index (κ3) is 4.35. The van der Waals surface area contributed by atoms with Gasteiger partial charge in [-0.25, -0.2) is 9.18 Å². The number of carbonyl (C=O) groups excluding carboxylic acids is 2. The number of anilines is 1. The lowest BCUT2D eigenvalue weighted by atomic mass is 10.1. The highest BCUT2D eigenvalue weighted by Gasteiger charge is 2.31. The second kappa shape index (κ2) is 7.34. The first-order chi connectivity index (χ1) is 12.0. The number of hydrogen-bond donors (Lipinski definition) is 2. The average Bonchev–Trinajstić information content (AvgIpc) is 2.95. The van der Waals surface area contributed by atoms with Crippen molar-refractivity contribution < 1.29 is 14.0 Å². The molecule has 2 aromatic rings. The van der Waals surface area contributed by atoms with Crippen molar-refractivity contribution in [2.24, 2.45) is 0 Å². The Labute approximate surface area is 145 Å². The van der Waals surface area contributed by atoms with Gasteiger partial charge in [0.05, 0.1) is 6.04 Å². The highest BCUT2D eigenvalue weighted by molar-refractivity contribution is 5.96. The molecule has 1 aliphatic heterocycles. The van der Waals surface area contributed by atoms with E-state index in [1.165, 1.54) is 17.7 Å². The number of hydrogen-bond acceptors (Lipinski definition) is 2. The number of benzene rings is 2. The number of nitrogens with zero attached hydrogens (tertiary/aromatic N) is 1. The monoisotopic (exact) mass is 341 g/mol. The molecule has 0 bridgehead atoms. The molecule has 0 radical (unpaired) electrons. The fourth-order valence-corrected chi connectivity index (χ4v) is 2.80. The van der Waals surface area contributed by atoms with Crippen LogP contribution in [0.3, 0.4) is 0 Å². The van der Waals surface area contributed by atoms with Gasteiger partial charge in [-0.2, -0.15) is 0 Å². The Kier molecular flexibility index (Phi) is 4.97. The second-order valence-corrected chi connectivity index (χ2v) is 6.19. The molecule has 3 rings (SSSR count). The molecule has 0 aromatic heterocycles. The van der Waals surface area contributed by atoms with E-state index in [0.717, 1.165) is 5.56 Å². The van der Waals surface area contributed by atoms with Gasteiger partial charge in [-0.05, 0) is 36.8 Å². The molecular weight excluding hydrogens is 321 g/mol. The Hall–Kier alpha value is -2.89. The zero-order chi connectivity index (χ0) is 17.8. The molecule has 1 fully saturated rings. The molecule has 0 saturated carbocycles. The van der Waals surface area contributed by atoms with E-state index in [4.69, 9.17) is 0 Å². The van der Waals surface area contributed by atoms with E-state index in [0.29, 0.717) is 18.8 Å². The van der Waals surface area contributed by atoms with Crippen LogP contribution in [-0.2, 0) is 11.3 Å². The minimum atomic E-state index is -0.347. The van der Waals surface area contributed by atoms with E-state index in [1.54, 1.807) is 17.0 Å². The lowest BCUT2D eigenvalue weighted by molar-refractivity contribution is -0.117. The van der Waals surface area contributed by atoms with Crippen LogP contribution in [-0.4, -0.2) is 24.5 Å². The van der Waals surface area contributed by atoms with E-state index >= 15 is 0 Å².